The highest BCUT2D eigenvalue weighted by Gasteiger charge is 2.27. The van der Waals surface area contributed by atoms with E-state index in [0.717, 1.165) is 23.5 Å². The van der Waals surface area contributed by atoms with Gasteiger partial charge < -0.3 is 4.57 Å². The Bertz CT molecular complexity index is 982. The van der Waals surface area contributed by atoms with Crippen molar-refractivity contribution in [2.45, 2.75) is 90.0 Å². The van der Waals surface area contributed by atoms with Gasteiger partial charge in [0.25, 0.3) is 0 Å². The van der Waals surface area contributed by atoms with Crippen LogP contribution >= 0.6 is 0 Å². The van der Waals surface area contributed by atoms with Gasteiger partial charge in [-0.15, -0.1) is 0 Å². The Morgan fingerprint density at radius 3 is 1.86 bits per heavy atom. The number of benzene rings is 1. The number of hydrogen-bond acceptors (Lipinski definition) is 2. The van der Waals surface area contributed by atoms with Crippen LogP contribution < -0.4 is 5.14 Å². The summed E-state index contributed by atoms with van der Waals surface area (Å²) < 4.78 is 26.7. The van der Waals surface area contributed by atoms with Gasteiger partial charge in [0.2, 0.25) is 10.0 Å². The Balaban J connectivity index is 2.26. The molecule has 0 aliphatic heterocycles. The van der Waals surface area contributed by atoms with Crippen LogP contribution in [-0.4, -0.2) is 13.0 Å². The molecule has 1 aliphatic rings. The van der Waals surface area contributed by atoms with Gasteiger partial charge in [0, 0.05) is 17.9 Å². The summed E-state index contributed by atoms with van der Waals surface area (Å²) in [6.07, 6.45) is 3.67. The van der Waals surface area contributed by atoms with E-state index in [-0.39, 0.29) is 15.7 Å². The highest BCUT2D eigenvalue weighted by atomic mass is 32.2. The summed E-state index contributed by atoms with van der Waals surface area (Å²) in [4.78, 5) is 0.241. The Hall–Kier alpha value is -1.59. The molecule has 160 valence electrons. The van der Waals surface area contributed by atoms with E-state index in [0.29, 0.717) is 5.92 Å². The van der Waals surface area contributed by atoms with Crippen molar-refractivity contribution in [2.24, 2.45) is 11.1 Å². The summed E-state index contributed by atoms with van der Waals surface area (Å²) in [6.45, 7) is 16.0. The average Bonchev–Trinajstić information content (AvgIpc) is 2.85. The van der Waals surface area contributed by atoms with Crippen LogP contribution in [0.15, 0.2) is 29.2 Å². The molecular formula is C24H36N2O2S. The van der Waals surface area contributed by atoms with E-state index in [1.165, 1.54) is 30.4 Å². The zero-order chi connectivity index (χ0) is 21.8. The highest BCUT2D eigenvalue weighted by Crippen LogP contribution is 2.37. The SMILES string of the molecule is Cc1c(S(N)(=O)=O)cc(-c2cc(C(C)(C)C)cc(C(C)(C)C)c2)n1CC1CCC1. The first-order valence-corrected chi connectivity index (χ1v) is 12.1. The zero-order valence-corrected chi connectivity index (χ0v) is 19.8. The number of rotatable bonds is 4. The molecule has 1 saturated carbocycles. The van der Waals surface area contributed by atoms with Crippen molar-refractivity contribution in [1.29, 1.82) is 0 Å². The monoisotopic (exact) mass is 416 g/mol. The lowest BCUT2D eigenvalue weighted by atomic mass is 9.79. The van der Waals surface area contributed by atoms with Gasteiger partial charge in [-0.3, -0.25) is 0 Å². The van der Waals surface area contributed by atoms with Crippen molar-refractivity contribution in [1.82, 2.24) is 4.57 Å². The van der Waals surface area contributed by atoms with Crippen LogP contribution in [0.1, 0.15) is 77.6 Å². The quantitative estimate of drug-likeness (QED) is 0.714. The maximum Gasteiger partial charge on any atom is 0.239 e. The molecule has 0 amide bonds. The topological polar surface area (TPSA) is 65.1 Å². The summed E-state index contributed by atoms with van der Waals surface area (Å²) in [7, 11) is -3.77. The molecule has 2 aromatic rings. The minimum Gasteiger partial charge on any atom is -0.343 e. The first-order valence-electron chi connectivity index (χ1n) is 10.6. The predicted octanol–water partition coefficient (Wildman–Crippen LogP) is 5.51. The molecule has 0 radical (unpaired) electrons. The van der Waals surface area contributed by atoms with E-state index in [9.17, 15) is 8.42 Å². The molecule has 29 heavy (non-hydrogen) atoms. The van der Waals surface area contributed by atoms with Gasteiger partial charge in [-0.25, -0.2) is 13.6 Å². The zero-order valence-electron chi connectivity index (χ0n) is 19.0. The van der Waals surface area contributed by atoms with Gasteiger partial charge in [0.15, 0.2) is 0 Å². The van der Waals surface area contributed by atoms with E-state index < -0.39 is 10.0 Å². The molecule has 4 nitrogen and oxygen atoms in total. The van der Waals surface area contributed by atoms with Crippen LogP contribution in [0.4, 0.5) is 0 Å². The number of nitrogens with two attached hydrogens (primary N) is 1. The van der Waals surface area contributed by atoms with Crippen molar-refractivity contribution in [2.75, 3.05) is 0 Å². The second-order valence-electron chi connectivity index (χ2n) is 10.7. The maximum absolute atomic E-state index is 12.2. The Kier molecular flexibility index (Phi) is 5.55. The molecule has 0 atom stereocenters. The van der Waals surface area contributed by atoms with Crippen LogP contribution in [0.5, 0.6) is 0 Å². The van der Waals surface area contributed by atoms with E-state index >= 15 is 0 Å². The number of hydrogen-bond donors (Lipinski definition) is 1. The number of sulfonamides is 1. The molecule has 1 aromatic heterocycles. The predicted molar refractivity (Wildman–Crippen MR) is 121 cm³/mol. The molecule has 3 rings (SSSR count). The van der Waals surface area contributed by atoms with Crippen molar-refractivity contribution >= 4 is 10.0 Å². The first-order chi connectivity index (χ1) is 13.2. The molecule has 1 heterocycles. The first kappa shape index (κ1) is 22.1. The molecule has 1 fully saturated rings. The van der Waals surface area contributed by atoms with Gasteiger partial charge in [0.05, 0.1) is 0 Å². The van der Waals surface area contributed by atoms with Gasteiger partial charge in [-0.05, 0) is 71.4 Å². The van der Waals surface area contributed by atoms with E-state index in [1.54, 1.807) is 6.07 Å². The van der Waals surface area contributed by atoms with Crippen molar-refractivity contribution in [3.05, 3.63) is 41.1 Å². The Labute approximate surface area is 176 Å². The van der Waals surface area contributed by atoms with Crippen LogP contribution in [0.2, 0.25) is 0 Å². The molecule has 1 aromatic carbocycles. The molecular weight excluding hydrogens is 380 g/mol. The average molecular weight is 417 g/mol. The maximum atomic E-state index is 12.2. The fourth-order valence-corrected chi connectivity index (χ4v) is 4.76. The van der Waals surface area contributed by atoms with Crippen LogP contribution in [0.25, 0.3) is 11.3 Å². The highest BCUT2D eigenvalue weighted by molar-refractivity contribution is 7.89. The molecule has 1 aliphatic carbocycles. The lowest BCUT2D eigenvalue weighted by Gasteiger charge is -2.29. The molecule has 0 saturated heterocycles. The number of primary sulfonamides is 1. The van der Waals surface area contributed by atoms with Gasteiger partial charge in [0.1, 0.15) is 4.90 Å². The third-order valence-corrected chi connectivity index (χ3v) is 7.28. The third-order valence-electron chi connectivity index (χ3n) is 6.25. The van der Waals surface area contributed by atoms with E-state index in [1.807, 2.05) is 6.92 Å². The van der Waals surface area contributed by atoms with Crippen LogP contribution in [0.3, 0.4) is 0 Å². The van der Waals surface area contributed by atoms with Gasteiger partial charge >= 0.3 is 0 Å². The molecule has 0 bridgehead atoms. The van der Waals surface area contributed by atoms with E-state index in [4.69, 9.17) is 5.14 Å². The van der Waals surface area contributed by atoms with E-state index in [2.05, 4.69) is 64.3 Å². The van der Waals surface area contributed by atoms with Gasteiger partial charge in [-0.2, -0.15) is 0 Å². The summed E-state index contributed by atoms with van der Waals surface area (Å²) in [6, 6.07) is 8.50. The summed E-state index contributed by atoms with van der Waals surface area (Å²) >= 11 is 0. The smallest absolute Gasteiger partial charge is 0.239 e. The lowest BCUT2D eigenvalue weighted by molar-refractivity contribution is 0.276. The summed E-state index contributed by atoms with van der Waals surface area (Å²) in [5, 5.41) is 5.55. The van der Waals surface area contributed by atoms with Crippen molar-refractivity contribution < 1.29 is 8.42 Å². The second-order valence-corrected chi connectivity index (χ2v) is 12.3. The summed E-state index contributed by atoms with van der Waals surface area (Å²) in [5.41, 5.74) is 5.28. The van der Waals surface area contributed by atoms with Crippen LogP contribution in [0, 0.1) is 12.8 Å². The normalized spacial score (nSPS) is 16.1. The van der Waals surface area contributed by atoms with Gasteiger partial charge in [-0.1, -0.05) is 54.0 Å². The fourth-order valence-electron chi connectivity index (χ4n) is 3.96. The van der Waals surface area contributed by atoms with Crippen LogP contribution in [-0.2, 0) is 27.4 Å². The Morgan fingerprint density at radius 1 is 0.966 bits per heavy atom. The van der Waals surface area contributed by atoms with Crippen molar-refractivity contribution in [3.8, 4) is 11.3 Å². The minimum atomic E-state index is -3.77. The molecule has 0 unspecified atom stereocenters. The number of aromatic nitrogens is 1. The minimum absolute atomic E-state index is 0.000770. The number of nitrogens with zero attached hydrogens (tertiary/aromatic N) is 1. The second kappa shape index (κ2) is 7.28. The van der Waals surface area contributed by atoms with Crippen molar-refractivity contribution in [3.63, 3.8) is 0 Å². The Morgan fingerprint density at radius 2 is 1.48 bits per heavy atom. The standard InChI is InChI=1S/C24H36N2O2S/c1-16-22(29(25,27)28)14-21(26(16)15-17-9-8-10-17)18-11-19(23(2,3)4)13-20(12-18)24(5,6)7/h11-14,17H,8-10,15H2,1-7H3,(H2,25,27,28). The molecule has 5 heteroatoms. The third kappa shape index (κ3) is 4.61. The summed E-state index contributed by atoms with van der Waals surface area (Å²) in [5.74, 6) is 0.612. The molecule has 0 spiro atoms. The largest absolute Gasteiger partial charge is 0.343 e. The molecule has 2 N–H and O–H groups in total. The fraction of sp³-hybridized carbons (Fsp3) is 0.583. The lowest BCUT2D eigenvalue weighted by Crippen LogP contribution is -2.20.